The van der Waals surface area contributed by atoms with Crippen molar-refractivity contribution < 1.29 is 0 Å². The SMILES string of the molecule is CCc1nc(C2CCc3ccccc32)nc(NC)c1I. The van der Waals surface area contributed by atoms with E-state index in [9.17, 15) is 0 Å². The molecule has 1 aliphatic rings. The van der Waals surface area contributed by atoms with Crippen molar-refractivity contribution in [2.24, 2.45) is 0 Å². The summed E-state index contributed by atoms with van der Waals surface area (Å²) in [6.45, 7) is 2.15. The van der Waals surface area contributed by atoms with E-state index in [4.69, 9.17) is 9.97 Å². The highest BCUT2D eigenvalue weighted by Gasteiger charge is 2.27. The van der Waals surface area contributed by atoms with Gasteiger partial charge >= 0.3 is 0 Å². The molecule has 1 heterocycles. The first kappa shape index (κ1) is 13.8. The minimum atomic E-state index is 0.348. The molecule has 0 saturated heterocycles. The second-order valence-corrected chi connectivity index (χ2v) is 6.16. The monoisotopic (exact) mass is 379 g/mol. The Morgan fingerprint density at radius 2 is 2.10 bits per heavy atom. The first-order chi connectivity index (χ1) is 9.74. The summed E-state index contributed by atoms with van der Waals surface area (Å²) >= 11 is 2.33. The van der Waals surface area contributed by atoms with Crippen LogP contribution in [0.4, 0.5) is 5.82 Å². The average Bonchev–Trinajstić information content (AvgIpc) is 2.91. The molecule has 0 saturated carbocycles. The number of aromatic nitrogens is 2. The summed E-state index contributed by atoms with van der Waals surface area (Å²) < 4.78 is 1.14. The fraction of sp³-hybridized carbons (Fsp3) is 0.375. The van der Waals surface area contributed by atoms with Crippen LogP contribution in [0.2, 0.25) is 0 Å². The van der Waals surface area contributed by atoms with Gasteiger partial charge in [0.15, 0.2) is 0 Å². The number of aryl methyl sites for hydroxylation is 2. The van der Waals surface area contributed by atoms with Gasteiger partial charge in [0, 0.05) is 13.0 Å². The Morgan fingerprint density at radius 3 is 2.85 bits per heavy atom. The predicted octanol–water partition coefficient (Wildman–Crippen LogP) is 3.76. The summed E-state index contributed by atoms with van der Waals surface area (Å²) in [6, 6.07) is 8.68. The van der Waals surface area contributed by atoms with E-state index in [-0.39, 0.29) is 0 Å². The number of anilines is 1. The summed E-state index contributed by atoms with van der Waals surface area (Å²) in [4.78, 5) is 9.57. The number of halogens is 1. The van der Waals surface area contributed by atoms with Crippen molar-refractivity contribution in [3.05, 3.63) is 50.5 Å². The average molecular weight is 379 g/mol. The second-order valence-electron chi connectivity index (χ2n) is 5.08. The van der Waals surface area contributed by atoms with Gasteiger partial charge in [0.1, 0.15) is 11.6 Å². The zero-order chi connectivity index (χ0) is 14.1. The van der Waals surface area contributed by atoms with Crippen molar-refractivity contribution in [2.45, 2.75) is 32.1 Å². The van der Waals surface area contributed by atoms with Crippen LogP contribution >= 0.6 is 22.6 Å². The van der Waals surface area contributed by atoms with E-state index in [0.717, 1.165) is 40.2 Å². The first-order valence-corrected chi connectivity index (χ1v) is 8.14. The smallest absolute Gasteiger partial charge is 0.143 e. The fourth-order valence-corrected chi connectivity index (χ4v) is 3.79. The Labute approximate surface area is 133 Å². The van der Waals surface area contributed by atoms with E-state index in [0.29, 0.717) is 5.92 Å². The van der Waals surface area contributed by atoms with E-state index >= 15 is 0 Å². The number of nitrogens with one attached hydrogen (secondary N) is 1. The molecular weight excluding hydrogens is 361 g/mol. The zero-order valence-corrected chi connectivity index (χ0v) is 13.9. The topological polar surface area (TPSA) is 37.8 Å². The van der Waals surface area contributed by atoms with Crippen molar-refractivity contribution in [3.8, 4) is 0 Å². The van der Waals surface area contributed by atoms with Crippen LogP contribution in [0.25, 0.3) is 0 Å². The maximum absolute atomic E-state index is 4.82. The highest BCUT2D eigenvalue weighted by Crippen LogP contribution is 2.37. The highest BCUT2D eigenvalue weighted by atomic mass is 127. The van der Waals surface area contributed by atoms with Crippen molar-refractivity contribution in [3.63, 3.8) is 0 Å². The molecule has 3 nitrogen and oxygen atoms in total. The molecule has 2 aromatic rings. The number of hydrogen-bond donors (Lipinski definition) is 1. The molecule has 0 amide bonds. The molecule has 104 valence electrons. The van der Waals surface area contributed by atoms with Crippen molar-refractivity contribution in [1.29, 1.82) is 0 Å². The highest BCUT2D eigenvalue weighted by molar-refractivity contribution is 14.1. The van der Waals surface area contributed by atoms with Gasteiger partial charge in [-0.25, -0.2) is 9.97 Å². The molecule has 1 atom stereocenters. The van der Waals surface area contributed by atoms with Crippen LogP contribution < -0.4 is 5.32 Å². The Bertz CT molecular complexity index is 614. The Kier molecular flexibility index (Phi) is 3.92. The molecular formula is C16H18IN3. The van der Waals surface area contributed by atoms with Gasteiger partial charge < -0.3 is 5.32 Å². The van der Waals surface area contributed by atoms with E-state index in [1.807, 2.05) is 7.05 Å². The lowest BCUT2D eigenvalue weighted by atomic mass is 10.0. The van der Waals surface area contributed by atoms with Gasteiger partial charge in [0.25, 0.3) is 0 Å². The van der Waals surface area contributed by atoms with Crippen molar-refractivity contribution in [2.75, 3.05) is 12.4 Å². The van der Waals surface area contributed by atoms with Crippen LogP contribution in [-0.2, 0) is 12.8 Å². The molecule has 20 heavy (non-hydrogen) atoms. The lowest BCUT2D eigenvalue weighted by Crippen LogP contribution is -2.10. The molecule has 0 aliphatic heterocycles. The molecule has 4 heteroatoms. The molecule has 1 aromatic heterocycles. The van der Waals surface area contributed by atoms with Crippen molar-refractivity contribution in [1.82, 2.24) is 9.97 Å². The van der Waals surface area contributed by atoms with Crippen LogP contribution in [0.5, 0.6) is 0 Å². The number of benzene rings is 1. The van der Waals surface area contributed by atoms with Crippen molar-refractivity contribution >= 4 is 28.4 Å². The van der Waals surface area contributed by atoms with Crippen LogP contribution in [0.1, 0.15) is 41.9 Å². The third kappa shape index (κ3) is 2.30. The second kappa shape index (κ2) is 5.68. The summed E-state index contributed by atoms with van der Waals surface area (Å²) in [5.41, 5.74) is 3.99. The van der Waals surface area contributed by atoms with Gasteiger partial charge in [-0.15, -0.1) is 0 Å². The van der Waals surface area contributed by atoms with Gasteiger partial charge in [0.2, 0.25) is 0 Å². The lowest BCUT2D eigenvalue weighted by Gasteiger charge is -2.15. The molecule has 0 bridgehead atoms. The van der Waals surface area contributed by atoms with Gasteiger partial charge in [-0.3, -0.25) is 0 Å². The van der Waals surface area contributed by atoms with Crippen LogP contribution in [0.15, 0.2) is 24.3 Å². The van der Waals surface area contributed by atoms with Crippen LogP contribution in [-0.4, -0.2) is 17.0 Å². The maximum Gasteiger partial charge on any atom is 0.143 e. The number of fused-ring (bicyclic) bond motifs is 1. The number of hydrogen-bond acceptors (Lipinski definition) is 3. The largest absolute Gasteiger partial charge is 0.372 e. The fourth-order valence-electron chi connectivity index (χ4n) is 2.89. The summed E-state index contributed by atoms with van der Waals surface area (Å²) in [5, 5.41) is 3.20. The van der Waals surface area contributed by atoms with Crippen LogP contribution in [0, 0.1) is 3.57 Å². The van der Waals surface area contributed by atoms with Crippen LogP contribution in [0.3, 0.4) is 0 Å². The zero-order valence-electron chi connectivity index (χ0n) is 11.8. The number of nitrogens with zero attached hydrogens (tertiary/aromatic N) is 2. The third-order valence-corrected chi connectivity index (χ3v) is 5.09. The van der Waals surface area contributed by atoms with E-state index in [1.54, 1.807) is 0 Å². The van der Waals surface area contributed by atoms with Gasteiger partial charge in [-0.2, -0.15) is 0 Å². The summed E-state index contributed by atoms with van der Waals surface area (Å²) in [5.74, 6) is 2.27. The predicted molar refractivity (Wildman–Crippen MR) is 90.3 cm³/mol. The van der Waals surface area contributed by atoms with Gasteiger partial charge in [0.05, 0.1) is 9.26 Å². The van der Waals surface area contributed by atoms with E-state index in [1.165, 1.54) is 11.1 Å². The molecule has 1 N–H and O–H groups in total. The van der Waals surface area contributed by atoms with Gasteiger partial charge in [-0.1, -0.05) is 31.2 Å². The molecule has 0 fully saturated rings. The molecule has 1 aliphatic carbocycles. The Balaban J connectivity index is 2.08. The summed E-state index contributed by atoms with van der Waals surface area (Å²) in [6.07, 6.45) is 3.19. The summed E-state index contributed by atoms with van der Waals surface area (Å²) in [7, 11) is 1.93. The molecule has 3 rings (SSSR count). The maximum atomic E-state index is 4.82. The first-order valence-electron chi connectivity index (χ1n) is 7.06. The molecule has 1 aromatic carbocycles. The Morgan fingerprint density at radius 1 is 1.30 bits per heavy atom. The lowest BCUT2D eigenvalue weighted by molar-refractivity contribution is 0.718. The molecule has 1 unspecified atom stereocenters. The minimum absolute atomic E-state index is 0.348. The normalized spacial score (nSPS) is 17.1. The van der Waals surface area contributed by atoms with E-state index < -0.39 is 0 Å². The quantitative estimate of drug-likeness (QED) is 0.826. The Hall–Kier alpha value is -1.17. The third-order valence-electron chi connectivity index (χ3n) is 3.95. The minimum Gasteiger partial charge on any atom is -0.372 e. The standard InChI is InChI=1S/C16H18IN3/c1-3-13-14(17)16(18-2)20-15(19-13)12-9-8-10-6-4-5-7-11(10)12/h4-7,12H,3,8-9H2,1-2H3,(H,18,19,20). The molecule has 0 spiro atoms. The number of rotatable bonds is 3. The van der Waals surface area contributed by atoms with E-state index in [2.05, 4.69) is 59.1 Å². The van der Waals surface area contributed by atoms with Gasteiger partial charge in [-0.05, 0) is 53.0 Å². The molecule has 0 radical (unpaired) electrons.